The second-order valence-corrected chi connectivity index (χ2v) is 4.18. The second-order valence-electron chi connectivity index (χ2n) is 4.18. The van der Waals surface area contributed by atoms with Crippen LogP contribution >= 0.6 is 0 Å². The molecule has 0 saturated carbocycles. The minimum absolute atomic E-state index is 0.500. The first kappa shape index (κ1) is 12.2. The minimum Gasteiger partial charge on any atom is -0.308 e. The van der Waals surface area contributed by atoms with E-state index in [4.69, 9.17) is 0 Å². The van der Waals surface area contributed by atoms with Crippen molar-refractivity contribution in [3.05, 3.63) is 18.0 Å². The molecule has 0 radical (unpaired) electrons. The van der Waals surface area contributed by atoms with E-state index in [1.807, 2.05) is 10.9 Å². The van der Waals surface area contributed by atoms with Gasteiger partial charge in [0, 0.05) is 31.9 Å². The maximum Gasteiger partial charge on any atom is 0.0522 e. The van der Waals surface area contributed by atoms with E-state index in [-0.39, 0.29) is 0 Å². The molecule has 86 valence electrons. The molecule has 4 heteroatoms. The highest BCUT2D eigenvalue weighted by Crippen LogP contribution is 1.99. The summed E-state index contributed by atoms with van der Waals surface area (Å²) in [5.74, 6) is 0. The quantitative estimate of drug-likeness (QED) is 0.758. The number of rotatable bonds is 6. The van der Waals surface area contributed by atoms with Crippen molar-refractivity contribution in [3.8, 4) is 0 Å². The van der Waals surface area contributed by atoms with E-state index in [2.05, 4.69) is 49.3 Å². The molecule has 0 bridgehead atoms. The summed E-state index contributed by atoms with van der Waals surface area (Å²) in [4.78, 5) is 2.19. The van der Waals surface area contributed by atoms with Crippen LogP contribution < -0.4 is 5.32 Å². The lowest BCUT2D eigenvalue weighted by atomic mass is 10.3. The first-order chi connectivity index (χ1) is 7.13. The number of likely N-dealkylation sites (N-methyl/N-ethyl adjacent to an activating group) is 1. The molecule has 1 aromatic rings. The summed E-state index contributed by atoms with van der Waals surface area (Å²) in [5, 5.41) is 7.73. The third-order valence-corrected chi connectivity index (χ3v) is 2.37. The van der Waals surface area contributed by atoms with Crippen molar-refractivity contribution in [2.24, 2.45) is 0 Å². The van der Waals surface area contributed by atoms with E-state index in [0.29, 0.717) is 6.04 Å². The van der Waals surface area contributed by atoms with Gasteiger partial charge in [0.15, 0.2) is 0 Å². The van der Waals surface area contributed by atoms with Gasteiger partial charge in [0.25, 0.3) is 0 Å². The third-order valence-electron chi connectivity index (χ3n) is 2.37. The maximum atomic E-state index is 4.24. The van der Waals surface area contributed by atoms with E-state index in [1.165, 1.54) is 5.69 Å². The van der Waals surface area contributed by atoms with Crippen LogP contribution in [0.3, 0.4) is 0 Å². The SMILES string of the molecule is CCn1nccc1CNC(C)CN(C)C. The van der Waals surface area contributed by atoms with Gasteiger partial charge in [-0.1, -0.05) is 0 Å². The van der Waals surface area contributed by atoms with Crippen LogP contribution in [0.1, 0.15) is 19.5 Å². The molecule has 1 atom stereocenters. The Morgan fingerprint density at radius 3 is 2.87 bits per heavy atom. The second kappa shape index (κ2) is 5.88. The van der Waals surface area contributed by atoms with Gasteiger partial charge in [-0.25, -0.2) is 0 Å². The fraction of sp³-hybridized carbons (Fsp3) is 0.727. The molecule has 1 rings (SSSR count). The lowest BCUT2D eigenvalue weighted by Gasteiger charge is -2.18. The number of hydrogen-bond donors (Lipinski definition) is 1. The van der Waals surface area contributed by atoms with Gasteiger partial charge in [0.2, 0.25) is 0 Å². The van der Waals surface area contributed by atoms with Crippen LogP contribution in [0.4, 0.5) is 0 Å². The van der Waals surface area contributed by atoms with E-state index in [0.717, 1.165) is 19.6 Å². The maximum absolute atomic E-state index is 4.24. The van der Waals surface area contributed by atoms with Gasteiger partial charge >= 0.3 is 0 Å². The van der Waals surface area contributed by atoms with Gasteiger partial charge in [0.05, 0.1) is 5.69 Å². The summed E-state index contributed by atoms with van der Waals surface area (Å²) < 4.78 is 2.02. The summed E-state index contributed by atoms with van der Waals surface area (Å²) in [6, 6.07) is 2.57. The van der Waals surface area contributed by atoms with Crippen LogP contribution in [-0.2, 0) is 13.1 Å². The highest BCUT2D eigenvalue weighted by atomic mass is 15.3. The third kappa shape index (κ3) is 4.01. The van der Waals surface area contributed by atoms with Crippen LogP contribution in [0.15, 0.2) is 12.3 Å². The monoisotopic (exact) mass is 210 g/mol. The van der Waals surface area contributed by atoms with Crippen molar-refractivity contribution in [2.45, 2.75) is 33.0 Å². The fourth-order valence-electron chi connectivity index (χ4n) is 1.69. The van der Waals surface area contributed by atoms with Crippen molar-refractivity contribution >= 4 is 0 Å². The van der Waals surface area contributed by atoms with Crippen LogP contribution in [0.5, 0.6) is 0 Å². The van der Waals surface area contributed by atoms with Gasteiger partial charge in [-0.3, -0.25) is 4.68 Å². The molecule has 0 aliphatic rings. The summed E-state index contributed by atoms with van der Waals surface area (Å²) in [6.07, 6.45) is 1.86. The number of nitrogens with zero attached hydrogens (tertiary/aromatic N) is 3. The first-order valence-electron chi connectivity index (χ1n) is 5.52. The Hall–Kier alpha value is -0.870. The van der Waals surface area contributed by atoms with E-state index in [1.54, 1.807) is 0 Å². The molecule has 1 aromatic heterocycles. The number of aryl methyl sites for hydroxylation is 1. The molecule has 0 aromatic carbocycles. The molecule has 0 amide bonds. The van der Waals surface area contributed by atoms with Crippen molar-refractivity contribution in [2.75, 3.05) is 20.6 Å². The lowest BCUT2D eigenvalue weighted by molar-refractivity contribution is 0.346. The minimum atomic E-state index is 0.500. The Morgan fingerprint density at radius 1 is 1.53 bits per heavy atom. The lowest BCUT2D eigenvalue weighted by Crippen LogP contribution is -2.35. The zero-order chi connectivity index (χ0) is 11.3. The van der Waals surface area contributed by atoms with Crippen molar-refractivity contribution in [1.82, 2.24) is 20.0 Å². The zero-order valence-corrected chi connectivity index (χ0v) is 10.2. The predicted octanol–water partition coefficient (Wildman–Crippen LogP) is 0.943. The Labute approximate surface area is 92.3 Å². The van der Waals surface area contributed by atoms with E-state index in [9.17, 15) is 0 Å². The average Bonchev–Trinajstić information content (AvgIpc) is 2.60. The van der Waals surface area contributed by atoms with Crippen LogP contribution in [0.2, 0.25) is 0 Å². The standard InChI is InChI=1S/C11H22N4/c1-5-15-11(6-7-13-15)8-12-10(2)9-14(3)4/h6-7,10,12H,5,8-9H2,1-4H3. The smallest absolute Gasteiger partial charge is 0.0522 e. The summed E-state index contributed by atoms with van der Waals surface area (Å²) in [5.41, 5.74) is 1.25. The molecule has 1 heterocycles. The topological polar surface area (TPSA) is 33.1 Å². The van der Waals surface area contributed by atoms with Gasteiger partial charge in [-0.15, -0.1) is 0 Å². The molecule has 15 heavy (non-hydrogen) atoms. The number of nitrogens with one attached hydrogen (secondary N) is 1. The molecule has 4 nitrogen and oxygen atoms in total. The highest BCUT2D eigenvalue weighted by Gasteiger charge is 2.05. The molecular formula is C11H22N4. The number of aromatic nitrogens is 2. The van der Waals surface area contributed by atoms with Gasteiger partial charge in [-0.05, 0) is 34.0 Å². The van der Waals surface area contributed by atoms with Gasteiger partial charge in [0.1, 0.15) is 0 Å². The normalized spacial score (nSPS) is 13.4. The Kier molecular flexibility index (Phi) is 4.78. The van der Waals surface area contributed by atoms with E-state index < -0.39 is 0 Å². The van der Waals surface area contributed by atoms with Gasteiger partial charge in [-0.2, -0.15) is 5.10 Å². The summed E-state index contributed by atoms with van der Waals surface area (Å²) in [6.45, 7) is 7.20. The zero-order valence-electron chi connectivity index (χ0n) is 10.2. The molecule has 0 fully saturated rings. The predicted molar refractivity (Wildman–Crippen MR) is 62.8 cm³/mol. The van der Waals surface area contributed by atoms with Crippen LogP contribution in [-0.4, -0.2) is 41.4 Å². The highest BCUT2D eigenvalue weighted by molar-refractivity contribution is 5.00. The summed E-state index contributed by atoms with van der Waals surface area (Å²) in [7, 11) is 4.18. The molecule has 1 N–H and O–H groups in total. The molecule has 0 saturated heterocycles. The average molecular weight is 210 g/mol. The van der Waals surface area contributed by atoms with Crippen LogP contribution in [0.25, 0.3) is 0 Å². The molecule has 0 aliphatic heterocycles. The largest absolute Gasteiger partial charge is 0.308 e. The molecular weight excluding hydrogens is 188 g/mol. The molecule has 1 unspecified atom stereocenters. The summed E-state index contributed by atoms with van der Waals surface area (Å²) >= 11 is 0. The van der Waals surface area contributed by atoms with Crippen molar-refractivity contribution in [3.63, 3.8) is 0 Å². The number of hydrogen-bond acceptors (Lipinski definition) is 3. The van der Waals surface area contributed by atoms with E-state index >= 15 is 0 Å². The van der Waals surface area contributed by atoms with Crippen molar-refractivity contribution in [1.29, 1.82) is 0 Å². The molecule has 0 aliphatic carbocycles. The first-order valence-corrected chi connectivity index (χ1v) is 5.52. The van der Waals surface area contributed by atoms with Crippen LogP contribution in [0, 0.1) is 0 Å². The molecule has 0 spiro atoms. The fourth-order valence-corrected chi connectivity index (χ4v) is 1.69. The Balaban J connectivity index is 2.36. The van der Waals surface area contributed by atoms with Gasteiger partial charge < -0.3 is 10.2 Å². The Bertz CT molecular complexity index is 280. The Morgan fingerprint density at radius 2 is 2.27 bits per heavy atom. The van der Waals surface area contributed by atoms with Crippen molar-refractivity contribution < 1.29 is 0 Å².